The van der Waals surface area contributed by atoms with Crippen LogP contribution in [0.5, 0.6) is 5.75 Å². The average molecular weight is 475 g/mol. The van der Waals surface area contributed by atoms with Crippen molar-refractivity contribution in [3.63, 3.8) is 0 Å². The van der Waals surface area contributed by atoms with Crippen LogP contribution < -0.4 is 9.46 Å². The molecule has 2 atom stereocenters. The van der Waals surface area contributed by atoms with E-state index in [9.17, 15) is 23.1 Å². The molecule has 0 aliphatic carbocycles. The van der Waals surface area contributed by atoms with Gasteiger partial charge in [0.05, 0.1) is 17.6 Å². The molecule has 2 aromatic rings. The Morgan fingerprint density at radius 2 is 1.85 bits per heavy atom. The van der Waals surface area contributed by atoms with Gasteiger partial charge in [-0.1, -0.05) is 24.3 Å². The van der Waals surface area contributed by atoms with Gasteiger partial charge in [0.15, 0.2) is 0 Å². The highest BCUT2D eigenvalue weighted by Crippen LogP contribution is 2.32. The van der Waals surface area contributed by atoms with Crippen molar-refractivity contribution in [1.29, 1.82) is 0 Å². The maximum atomic E-state index is 13.3. The zero-order valence-electron chi connectivity index (χ0n) is 18.1. The van der Waals surface area contributed by atoms with Crippen molar-refractivity contribution < 1.29 is 32.6 Å². The fraction of sp³-hybridized carbons (Fsp3) is 0.391. The minimum atomic E-state index is -4.26. The number of rotatable bonds is 8. The van der Waals surface area contributed by atoms with E-state index in [1.54, 1.807) is 24.3 Å². The van der Waals surface area contributed by atoms with Crippen LogP contribution in [-0.4, -0.2) is 63.2 Å². The predicted octanol–water partition coefficient (Wildman–Crippen LogP) is 2.05. The standard InChI is InChI=1S/C23H26N2O7S/c1-31-19-8-3-2-7-18(19)21(23(28)32-20-14-25-11-9-15(20)10-12-25)24-33(29,30)17-6-4-5-16(13-17)22(26)27/h2-8,13,15,20-21,24H,9-12,14H2,1H3,(H,26,27)/t20-,21?/m0/s1. The molecule has 2 N–H and O–H groups in total. The first-order valence-corrected chi connectivity index (χ1v) is 12.2. The third-order valence-corrected chi connectivity index (χ3v) is 7.63. The molecule has 10 heteroatoms. The van der Waals surface area contributed by atoms with Crippen molar-refractivity contribution in [1.82, 2.24) is 9.62 Å². The first-order chi connectivity index (χ1) is 15.8. The van der Waals surface area contributed by atoms with Gasteiger partial charge in [0.25, 0.3) is 0 Å². The highest BCUT2D eigenvalue weighted by molar-refractivity contribution is 7.89. The second-order valence-electron chi connectivity index (χ2n) is 8.24. The number of carbonyl (C=O) groups excluding carboxylic acids is 1. The molecule has 3 aliphatic rings. The highest BCUT2D eigenvalue weighted by Gasteiger charge is 2.39. The van der Waals surface area contributed by atoms with Crippen molar-refractivity contribution in [2.75, 3.05) is 26.7 Å². The monoisotopic (exact) mass is 474 g/mol. The SMILES string of the molecule is COc1ccccc1C(NS(=O)(=O)c1cccc(C(=O)O)c1)C(=O)O[C@H]1CN2CCC1CC2. The van der Waals surface area contributed by atoms with Gasteiger partial charge in [-0.05, 0) is 56.1 Å². The van der Waals surface area contributed by atoms with Crippen LogP contribution in [0.25, 0.3) is 0 Å². The number of para-hydroxylation sites is 1. The van der Waals surface area contributed by atoms with Gasteiger partial charge in [-0.2, -0.15) is 4.72 Å². The number of fused-ring (bicyclic) bond motifs is 3. The second kappa shape index (κ2) is 9.50. The Kier molecular flexibility index (Phi) is 6.68. The van der Waals surface area contributed by atoms with Crippen molar-refractivity contribution >= 4 is 22.0 Å². The van der Waals surface area contributed by atoms with Crippen molar-refractivity contribution in [3.05, 3.63) is 59.7 Å². The number of aromatic carboxylic acids is 1. The molecule has 176 valence electrons. The fourth-order valence-corrected chi connectivity index (χ4v) is 5.63. The van der Waals surface area contributed by atoms with Gasteiger partial charge in [0, 0.05) is 12.1 Å². The van der Waals surface area contributed by atoms with Crippen LogP contribution in [0.3, 0.4) is 0 Å². The van der Waals surface area contributed by atoms with Crippen LogP contribution in [0.4, 0.5) is 0 Å². The molecule has 33 heavy (non-hydrogen) atoms. The van der Waals surface area contributed by atoms with Crippen molar-refractivity contribution in [2.45, 2.75) is 29.9 Å². The van der Waals surface area contributed by atoms with Crippen molar-refractivity contribution in [2.24, 2.45) is 5.92 Å². The normalized spacial score (nSPS) is 23.0. The first kappa shape index (κ1) is 23.2. The number of benzene rings is 2. The number of nitrogens with one attached hydrogen (secondary N) is 1. The van der Waals surface area contributed by atoms with E-state index in [-0.39, 0.29) is 22.5 Å². The molecule has 3 aliphatic heterocycles. The number of carboxylic acid groups (broad SMARTS) is 1. The topological polar surface area (TPSA) is 122 Å². The van der Waals surface area contributed by atoms with Crippen LogP contribution in [0.2, 0.25) is 0 Å². The lowest BCUT2D eigenvalue weighted by molar-refractivity contribution is -0.161. The Labute approximate surface area is 192 Å². The minimum Gasteiger partial charge on any atom is -0.496 e. The third kappa shape index (κ3) is 5.02. The zero-order valence-corrected chi connectivity index (χ0v) is 19.0. The van der Waals surface area contributed by atoms with Crippen LogP contribution in [0, 0.1) is 5.92 Å². The zero-order chi connectivity index (χ0) is 23.6. The van der Waals surface area contributed by atoms with E-state index in [0.29, 0.717) is 17.9 Å². The molecule has 2 bridgehead atoms. The summed E-state index contributed by atoms with van der Waals surface area (Å²) in [5.74, 6) is -1.40. The number of carboxylic acids is 1. The molecule has 0 radical (unpaired) electrons. The van der Waals surface area contributed by atoms with E-state index in [1.807, 2.05) is 0 Å². The number of esters is 1. The van der Waals surface area contributed by atoms with E-state index in [1.165, 1.54) is 25.3 Å². The molecule has 1 unspecified atom stereocenters. The second-order valence-corrected chi connectivity index (χ2v) is 9.96. The summed E-state index contributed by atoms with van der Waals surface area (Å²) in [5.41, 5.74) is 0.130. The van der Waals surface area contributed by atoms with E-state index in [4.69, 9.17) is 9.47 Å². The molecule has 2 aromatic carbocycles. The molecule has 9 nitrogen and oxygen atoms in total. The molecule has 0 amide bonds. The summed E-state index contributed by atoms with van der Waals surface area (Å²) in [6.45, 7) is 2.57. The number of sulfonamides is 1. The molecule has 5 rings (SSSR count). The predicted molar refractivity (Wildman–Crippen MR) is 119 cm³/mol. The number of ether oxygens (including phenoxy) is 2. The summed E-state index contributed by atoms with van der Waals surface area (Å²) >= 11 is 0. The van der Waals surface area contributed by atoms with Gasteiger partial charge < -0.3 is 14.6 Å². The molecular formula is C23H26N2O7S. The van der Waals surface area contributed by atoms with Crippen LogP contribution in [-0.2, 0) is 19.6 Å². The summed E-state index contributed by atoms with van der Waals surface area (Å²) in [6, 6.07) is 10.2. The van der Waals surface area contributed by atoms with Gasteiger partial charge in [-0.15, -0.1) is 0 Å². The number of methoxy groups -OCH3 is 1. The average Bonchev–Trinajstić information content (AvgIpc) is 2.83. The summed E-state index contributed by atoms with van der Waals surface area (Å²) in [4.78, 5) is 26.6. The summed E-state index contributed by atoms with van der Waals surface area (Å²) in [6.07, 6.45) is 1.56. The molecule has 0 saturated carbocycles. The number of carbonyl (C=O) groups is 2. The number of piperidine rings is 3. The van der Waals surface area contributed by atoms with E-state index >= 15 is 0 Å². The molecule has 3 fully saturated rings. The summed E-state index contributed by atoms with van der Waals surface area (Å²) in [5, 5.41) is 9.22. The number of hydrogen-bond acceptors (Lipinski definition) is 7. The lowest BCUT2D eigenvalue weighted by atomic mass is 9.86. The summed E-state index contributed by atoms with van der Waals surface area (Å²) in [7, 11) is -2.83. The lowest BCUT2D eigenvalue weighted by Gasteiger charge is -2.44. The molecular weight excluding hydrogens is 448 g/mol. The number of hydrogen-bond donors (Lipinski definition) is 2. The maximum Gasteiger partial charge on any atom is 0.335 e. The van der Waals surface area contributed by atoms with E-state index < -0.39 is 28.0 Å². The Balaban J connectivity index is 1.65. The van der Waals surface area contributed by atoms with E-state index in [0.717, 1.165) is 32.0 Å². The van der Waals surface area contributed by atoms with Crippen molar-refractivity contribution in [3.8, 4) is 5.75 Å². The Morgan fingerprint density at radius 3 is 2.48 bits per heavy atom. The highest BCUT2D eigenvalue weighted by atomic mass is 32.2. The van der Waals surface area contributed by atoms with E-state index in [2.05, 4.69) is 9.62 Å². The van der Waals surface area contributed by atoms with Gasteiger partial charge in [-0.25, -0.2) is 18.0 Å². The molecule has 3 heterocycles. The van der Waals surface area contributed by atoms with Gasteiger partial charge in [-0.3, -0.25) is 4.90 Å². The molecule has 0 spiro atoms. The minimum absolute atomic E-state index is 0.179. The van der Waals surface area contributed by atoms with Gasteiger partial charge in [0.1, 0.15) is 17.9 Å². The molecule has 3 saturated heterocycles. The Morgan fingerprint density at radius 1 is 1.12 bits per heavy atom. The van der Waals surface area contributed by atoms with Crippen LogP contribution in [0.1, 0.15) is 34.8 Å². The smallest absolute Gasteiger partial charge is 0.335 e. The fourth-order valence-electron chi connectivity index (χ4n) is 4.42. The van der Waals surface area contributed by atoms with Gasteiger partial charge >= 0.3 is 11.9 Å². The Hall–Kier alpha value is -2.95. The third-order valence-electron chi connectivity index (χ3n) is 6.21. The Bertz CT molecular complexity index is 1140. The first-order valence-electron chi connectivity index (χ1n) is 10.7. The molecule has 0 aromatic heterocycles. The number of nitrogens with zero attached hydrogens (tertiary/aromatic N) is 1. The largest absolute Gasteiger partial charge is 0.496 e. The summed E-state index contributed by atoms with van der Waals surface area (Å²) < 4.78 is 39.9. The van der Waals surface area contributed by atoms with Gasteiger partial charge in [0.2, 0.25) is 10.0 Å². The lowest BCUT2D eigenvalue weighted by Crippen LogP contribution is -2.52. The van der Waals surface area contributed by atoms with Crippen LogP contribution >= 0.6 is 0 Å². The van der Waals surface area contributed by atoms with Crippen LogP contribution in [0.15, 0.2) is 53.4 Å². The quantitative estimate of drug-likeness (QED) is 0.558. The maximum absolute atomic E-state index is 13.3.